The molecule has 1 saturated heterocycles. The van der Waals surface area contributed by atoms with Crippen LogP contribution in [0.2, 0.25) is 0 Å². The number of nitrogens with one attached hydrogen (secondary N) is 2. The van der Waals surface area contributed by atoms with Crippen LogP contribution in [0.15, 0.2) is 85.6 Å². The van der Waals surface area contributed by atoms with Crippen LogP contribution in [0.5, 0.6) is 0 Å². The van der Waals surface area contributed by atoms with E-state index in [0.717, 1.165) is 67.0 Å². The molecule has 2 heterocycles. The smallest absolute Gasteiger partial charge is 0.247 e. The molecule has 4 aromatic rings. The van der Waals surface area contributed by atoms with Crippen LogP contribution >= 0.6 is 0 Å². The number of carbonyl (C=O) groups is 1. The predicted octanol–water partition coefficient (Wildman–Crippen LogP) is 4.93. The molecule has 0 unspecified atom stereocenters. The SMILES string of the molecule is C=CC(=O)Nc1cccc(-c2cccc3cnc(Nc4ccc(N5CCN(CCOC)CC5)cc4)nc23)c1. The number of rotatable bonds is 9. The van der Waals surface area contributed by atoms with E-state index >= 15 is 0 Å². The Balaban J connectivity index is 1.31. The van der Waals surface area contributed by atoms with Gasteiger partial charge in [-0.15, -0.1) is 0 Å². The maximum atomic E-state index is 11.8. The van der Waals surface area contributed by atoms with E-state index in [4.69, 9.17) is 9.72 Å². The minimum atomic E-state index is -0.246. The van der Waals surface area contributed by atoms with Crippen molar-refractivity contribution in [2.24, 2.45) is 0 Å². The molecule has 38 heavy (non-hydrogen) atoms. The number of methoxy groups -OCH3 is 1. The Morgan fingerprint density at radius 2 is 1.82 bits per heavy atom. The number of benzene rings is 3. The van der Waals surface area contributed by atoms with Gasteiger partial charge in [-0.2, -0.15) is 0 Å². The molecule has 1 fully saturated rings. The Bertz CT molecular complexity index is 1410. The minimum Gasteiger partial charge on any atom is -0.383 e. The van der Waals surface area contributed by atoms with Crippen molar-refractivity contribution in [1.82, 2.24) is 14.9 Å². The number of carbonyl (C=O) groups excluding carboxylic acids is 1. The van der Waals surface area contributed by atoms with Crippen molar-refractivity contribution >= 4 is 39.8 Å². The molecule has 0 bridgehead atoms. The third-order valence-electron chi connectivity index (χ3n) is 6.71. The first-order chi connectivity index (χ1) is 18.6. The van der Waals surface area contributed by atoms with Gasteiger partial charge in [0.05, 0.1) is 12.1 Å². The fourth-order valence-electron chi connectivity index (χ4n) is 4.64. The van der Waals surface area contributed by atoms with Gasteiger partial charge in [-0.3, -0.25) is 9.69 Å². The molecule has 8 nitrogen and oxygen atoms in total. The number of nitrogens with zero attached hydrogens (tertiary/aromatic N) is 4. The number of anilines is 4. The van der Waals surface area contributed by atoms with Crippen molar-refractivity contribution in [3.63, 3.8) is 0 Å². The van der Waals surface area contributed by atoms with Gasteiger partial charge in [0.2, 0.25) is 11.9 Å². The fourth-order valence-corrected chi connectivity index (χ4v) is 4.64. The van der Waals surface area contributed by atoms with Gasteiger partial charge in [-0.05, 0) is 48.0 Å². The van der Waals surface area contributed by atoms with E-state index in [1.54, 1.807) is 7.11 Å². The standard InChI is InChI=1S/C30H32N6O2/c1-3-28(37)32-25-8-4-6-22(20-25)27-9-5-7-23-21-31-30(34-29(23)27)33-24-10-12-26(13-11-24)36-16-14-35(15-17-36)18-19-38-2/h3-13,20-21H,1,14-19H2,2H3,(H,32,37)(H,31,33,34). The second kappa shape index (κ2) is 11.9. The van der Waals surface area contributed by atoms with Crippen LogP contribution in [0.3, 0.4) is 0 Å². The Morgan fingerprint density at radius 1 is 1.03 bits per heavy atom. The maximum Gasteiger partial charge on any atom is 0.247 e. The summed E-state index contributed by atoms with van der Waals surface area (Å²) in [6.07, 6.45) is 3.08. The van der Waals surface area contributed by atoms with E-state index in [1.807, 2.05) is 48.7 Å². The summed E-state index contributed by atoms with van der Waals surface area (Å²) in [6.45, 7) is 9.37. The van der Waals surface area contributed by atoms with E-state index in [1.165, 1.54) is 11.8 Å². The fraction of sp³-hybridized carbons (Fsp3) is 0.233. The third kappa shape index (κ3) is 5.99. The monoisotopic (exact) mass is 508 g/mol. The largest absolute Gasteiger partial charge is 0.383 e. The van der Waals surface area contributed by atoms with Crippen LogP contribution in [-0.2, 0) is 9.53 Å². The zero-order chi connectivity index (χ0) is 26.3. The summed E-state index contributed by atoms with van der Waals surface area (Å²) in [6, 6.07) is 22.1. The number of ether oxygens (including phenoxy) is 1. The zero-order valence-electron chi connectivity index (χ0n) is 21.6. The van der Waals surface area contributed by atoms with E-state index in [2.05, 4.69) is 56.3 Å². The highest BCUT2D eigenvalue weighted by molar-refractivity contribution is 6.00. The average Bonchev–Trinajstić information content (AvgIpc) is 2.96. The molecule has 1 aliphatic heterocycles. The van der Waals surface area contributed by atoms with Crippen molar-refractivity contribution in [2.45, 2.75) is 0 Å². The van der Waals surface area contributed by atoms with Crippen LogP contribution < -0.4 is 15.5 Å². The first-order valence-electron chi connectivity index (χ1n) is 12.8. The van der Waals surface area contributed by atoms with Crippen LogP contribution in [0.1, 0.15) is 0 Å². The van der Waals surface area contributed by atoms with Gasteiger partial charge in [0.1, 0.15) is 0 Å². The second-order valence-electron chi connectivity index (χ2n) is 9.20. The Morgan fingerprint density at radius 3 is 2.58 bits per heavy atom. The van der Waals surface area contributed by atoms with Crippen molar-refractivity contribution in [1.29, 1.82) is 0 Å². The summed E-state index contributed by atoms with van der Waals surface area (Å²) >= 11 is 0. The van der Waals surface area contributed by atoms with Gasteiger partial charge < -0.3 is 20.3 Å². The van der Waals surface area contributed by atoms with Crippen LogP contribution in [-0.4, -0.2) is 67.2 Å². The Labute approximate surface area is 223 Å². The van der Waals surface area contributed by atoms with Crippen LogP contribution in [0, 0.1) is 0 Å². The lowest BCUT2D eigenvalue weighted by molar-refractivity contribution is -0.111. The summed E-state index contributed by atoms with van der Waals surface area (Å²) in [7, 11) is 1.75. The molecule has 1 aliphatic rings. The normalized spacial score (nSPS) is 13.9. The molecule has 1 aromatic heterocycles. The number of hydrogen-bond acceptors (Lipinski definition) is 7. The molecule has 0 spiro atoms. The van der Waals surface area contributed by atoms with Crippen molar-refractivity contribution < 1.29 is 9.53 Å². The lowest BCUT2D eigenvalue weighted by atomic mass is 10.0. The molecular weight excluding hydrogens is 476 g/mol. The molecule has 5 rings (SSSR count). The summed E-state index contributed by atoms with van der Waals surface area (Å²) in [5.74, 6) is 0.282. The van der Waals surface area contributed by atoms with Gasteiger partial charge in [0, 0.05) is 74.0 Å². The van der Waals surface area contributed by atoms with Gasteiger partial charge in [0.15, 0.2) is 0 Å². The molecule has 0 atom stereocenters. The minimum absolute atomic E-state index is 0.246. The highest BCUT2D eigenvalue weighted by atomic mass is 16.5. The number of para-hydroxylation sites is 1. The summed E-state index contributed by atoms with van der Waals surface area (Å²) in [5.41, 5.74) is 5.59. The number of fused-ring (bicyclic) bond motifs is 1. The molecule has 0 saturated carbocycles. The molecule has 1 amide bonds. The van der Waals surface area contributed by atoms with Gasteiger partial charge in [0.25, 0.3) is 0 Å². The molecule has 2 N–H and O–H groups in total. The number of piperazine rings is 1. The van der Waals surface area contributed by atoms with E-state index in [0.29, 0.717) is 11.6 Å². The quantitative estimate of drug-likeness (QED) is 0.310. The number of aromatic nitrogens is 2. The van der Waals surface area contributed by atoms with Crippen molar-refractivity contribution in [3.8, 4) is 11.1 Å². The molecule has 0 radical (unpaired) electrons. The van der Waals surface area contributed by atoms with E-state index < -0.39 is 0 Å². The van der Waals surface area contributed by atoms with E-state index in [9.17, 15) is 4.79 Å². The second-order valence-corrected chi connectivity index (χ2v) is 9.20. The predicted molar refractivity (Wildman–Crippen MR) is 154 cm³/mol. The van der Waals surface area contributed by atoms with Gasteiger partial charge in [-0.1, -0.05) is 36.9 Å². The first kappa shape index (κ1) is 25.4. The summed E-state index contributed by atoms with van der Waals surface area (Å²) in [4.78, 5) is 26.0. The topological polar surface area (TPSA) is 82.6 Å². The summed E-state index contributed by atoms with van der Waals surface area (Å²) in [5, 5.41) is 7.11. The molecular formula is C30H32N6O2. The third-order valence-corrected chi connectivity index (χ3v) is 6.71. The summed E-state index contributed by atoms with van der Waals surface area (Å²) < 4.78 is 5.20. The lowest BCUT2D eigenvalue weighted by Crippen LogP contribution is -2.47. The van der Waals surface area contributed by atoms with Crippen molar-refractivity contribution in [2.75, 3.05) is 62.0 Å². The van der Waals surface area contributed by atoms with Crippen molar-refractivity contribution in [3.05, 3.63) is 85.6 Å². The molecule has 194 valence electrons. The first-order valence-corrected chi connectivity index (χ1v) is 12.8. The van der Waals surface area contributed by atoms with Gasteiger partial charge in [-0.25, -0.2) is 9.97 Å². The van der Waals surface area contributed by atoms with Crippen LogP contribution in [0.25, 0.3) is 22.0 Å². The molecule has 3 aromatic carbocycles. The zero-order valence-corrected chi connectivity index (χ0v) is 21.6. The highest BCUT2D eigenvalue weighted by Crippen LogP contribution is 2.30. The molecule has 8 heteroatoms. The Hall–Kier alpha value is -4.27. The number of amides is 1. The molecule has 0 aliphatic carbocycles. The lowest BCUT2D eigenvalue weighted by Gasteiger charge is -2.36. The van der Waals surface area contributed by atoms with Crippen LogP contribution in [0.4, 0.5) is 23.0 Å². The Kier molecular flexibility index (Phi) is 7.92. The highest BCUT2D eigenvalue weighted by Gasteiger charge is 2.17. The van der Waals surface area contributed by atoms with Gasteiger partial charge >= 0.3 is 0 Å². The van der Waals surface area contributed by atoms with E-state index in [-0.39, 0.29) is 5.91 Å². The maximum absolute atomic E-state index is 11.8. The number of hydrogen-bond donors (Lipinski definition) is 2. The average molecular weight is 509 g/mol.